The number of amides is 2. The van der Waals surface area contributed by atoms with Crippen molar-refractivity contribution in [2.45, 2.75) is 6.92 Å². The zero-order valence-electron chi connectivity index (χ0n) is 10.1. The minimum atomic E-state index is -0.313. The number of nitrogens with zero attached hydrogens (tertiary/aromatic N) is 1. The first-order valence-corrected chi connectivity index (χ1v) is 5.69. The van der Waals surface area contributed by atoms with Gasteiger partial charge in [0.1, 0.15) is 5.75 Å². The third kappa shape index (κ3) is 2.71. The molecule has 6 heteroatoms. The normalized spacial score (nSPS) is 15.5. The van der Waals surface area contributed by atoms with E-state index in [1.165, 1.54) is 0 Å². The van der Waals surface area contributed by atoms with Gasteiger partial charge in [-0.15, -0.1) is 0 Å². The van der Waals surface area contributed by atoms with Crippen molar-refractivity contribution in [3.05, 3.63) is 18.2 Å². The van der Waals surface area contributed by atoms with Crippen LogP contribution in [0.4, 0.5) is 11.4 Å². The zero-order valence-corrected chi connectivity index (χ0v) is 10.1. The molecule has 0 aromatic heterocycles. The summed E-state index contributed by atoms with van der Waals surface area (Å²) in [6.45, 7) is 2.69. The van der Waals surface area contributed by atoms with Crippen molar-refractivity contribution in [3.8, 4) is 5.75 Å². The van der Waals surface area contributed by atoms with Gasteiger partial charge in [-0.3, -0.25) is 14.9 Å². The van der Waals surface area contributed by atoms with Crippen molar-refractivity contribution >= 4 is 23.2 Å². The van der Waals surface area contributed by atoms with Gasteiger partial charge in [-0.25, -0.2) is 0 Å². The van der Waals surface area contributed by atoms with Gasteiger partial charge < -0.3 is 15.4 Å². The second-order valence-corrected chi connectivity index (χ2v) is 4.02. The summed E-state index contributed by atoms with van der Waals surface area (Å²) in [7, 11) is 0. The molecule has 0 unspecified atom stereocenters. The Morgan fingerprint density at radius 2 is 1.94 bits per heavy atom. The molecule has 0 spiro atoms. The van der Waals surface area contributed by atoms with Crippen LogP contribution in [0.3, 0.4) is 0 Å². The molecule has 1 aliphatic rings. The van der Waals surface area contributed by atoms with Gasteiger partial charge in [-0.1, -0.05) is 0 Å². The molecule has 0 atom stereocenters. The first-order valence-electron chi connectivity index (χ1n) is 5.69. The molecule has 1 fully saturated rings. The highest BCUT2D eigenvalue weighted by Crippen LogP contribution is 2.26. The Hall–Kier alpha value is -2.24. The van der Waals surface area contributed by atoms with E-state index in [0.29, 0.717) is 23.7 Å². The summed E-state index contributed by atoms with van der Waals surface area (Å²) in [4.78, 5) is 24.3. The summed E-state index contributed by atoms with van der Waals surface area (Å²) in [5.41, 5.74) is 7.02. The molecule has 0 aliphatic carbocycles. The minimum absolute atomic E-state index is 0.140. The molecule has 6 nitrogen and oxygen atoms in total. The van der Waals surface area contributed by atoms with Crippen molar-refractivity contribution in [3.63, 3.8) is 0 Å². The summed E-state index contributed by atoms with van der Waals surface area (Å²) < 4.78 is 5.38. The molecule has 1 aromatic carbocycles. The van der Waals surface area contributed by atoms with Crippen molar-refractivity contribution in [1.29, 1.82) is 0 Å². The summed E-state index contributed by atoms with van der Waals surface area (Å²) >= 11 is 0. The van der Waals surface area contributed by atoms with Gasteiger partial charge in [0.2, 0.25) is 11.8 Å². The van der Waals surface area contributed by atoms with Crippen molar-refractivity contribution in [1.82, 2.24) is 5.32 Å². The highest BCUT2D eigenvalue weighted by atomic mass is 16.5. The predicted octanol–water partition coefficient (Wildman–Crippen LogP) is 0.130. The number of ether oxygens (including phenoxy) is 1. The number of piperazine rings is 1. The predicted molar refractivity (Wildman–Crippen MR) is 67.4 cm³/mol. The lowest BCUT2D eigenvalue weighted by Gasteiger charge is -2.27. The lowest BCUT2D eigenvalue weighted by molar-refractivity contribution is -0.130. The van der Waals surface area contributed by atoms with E-state index in [0.717, 1.165) is 0 Å². The first-order chi connectivity index (χ1) is 8.58. The molecule has 96 valence electrons. The van der Waals surface area contributed by atoms with E-state index in [9.17, 15) is 9.59 Å². The van der Waals surface area contributed by atoms with E-state index < -0.39 is 0 Å². The Bertz CT molecular complexity index is 471. The molecule has 0 saturated carbocycles. The lowest BCUT2D eigenvalue weighted by atomic mass is 10.2. The lowest BCUT2D eigenvalue weighted by Crippen LogP contribution is -2.51. The van der Waals surface area contributed by atoms with E-state index in [-0.39, 0.29) is 24.9 Å². The van der Waals surface area contributed by atoms with Gasteiger partial charge in [0.05, 0.1) is 19.7 Å². The van der Waals surface area contributed by atoms with Gasteiger partial charge in [-0.05, 0) is 13.0 Å². The molecule has 0 bridgehead atoms. The summed E-state index contributed by atoms with van der Waals surface area (Å²) in [5.74, 6) is 0.00389. The number of hydrogen-bond acceptors (Lipinski definition) is 5. The zero-order chi connectivity index (χ0) is 13.1. The van der Waals surface area contributed by atoms with Crippen LogP contribution in [0.1, 0.15) is 6.92 Å². The second kappa shape index (κ2) is 4.95. The Morgan fingerprint density at radius 1 is 1.28 bits per heavy atom. The van der Waals surface area contributed by atoms with E-state index in [1.807, 2.05) is 6.92 Å². The average Bonchev–Trinajstić information content (AvgIpc) is 2.27. The number of benzene rings is 1. The van der Waals surface area contributed by atoms with E-state index in [1.54, 1.807) is 23.1 Å². The largest absolute Gasteiger partial charge is 0.494 e. The Balaban J connectivity index is 2.26. The maximum atomic E-state index is 11.3. The third-order valence-electron chi connectivity index (χ3n) is 2.54. The van der Waals surface area contributed by atoms with Crippen LogP contribution in [-0.2, 0) is 9.59 Å². The molecular formula is C12H15N3O3. The highest BCUT2D eigenvalue weighted by molar-refractivity contribution is 6.02. The molecule has 3 N–H and O–H groups in total. The van der Waals surface area contributed by atoms with Crippen LogP contribution in [0.2, 0.25) is 0 Å². The summed E-state index contributed by atoms with van der Waals surface area (Å²) in [6.07, 6.45) is 0. The van der Waals surface area contributed by atoms with Crippen molar-refractivity contribution in [2.75, 3.05) is 30.3 Å². The van der Waals surface area contributed by atoms with Gasteiger partial charge in [0.15, 0.2) is 0 Å². The van der Waals surface area contributed by atoms with Crippen molar-refractivity contribution in [2.24, 2.45) is 0 Å². The van der Waals surface area contributed by atoms with Gasteiger partial charge in [0.25, 0.3) is 0 Å². The van der Waals surface area contributed by atoms with E-state index in [4.69, 9.17) is 10.5 Å². The number of hydrogen-bond donors (Lipinski definition) is 2. The molecule has 18 heavy (non-hydrogen) atoms. The Kier molecular flexibility index (Phi) is 3.36. The van der Waals surface area contributed by atoms with Gasteiger partial charge in [0, 0.05) is 23.5 Å². The fourth-order valence-electron chi connectivity index (χ4n) is 1.86. The highest BCUT2D eigenvalue weighted by Gasteiger charge is 2.23. The van der Waals surface area contributed by atoms with Crippen LogP contribution >= 0.6 is 0 Å². The number of carbonyl (C=O) groups is 2. The van der Waals surface area contributed by atoms with Crippen LogP contribution in [0, 0.1) is 0 Å². The van der Waals surface area contributed by atoms with Crippen molar-refractivity contribution < 1.29 is 14.3 Å². The fourth-order valence-corrected chi connectivity index (χ4v) is 1.86. The van der Waals surface area contributed by atoms with E-state index in [2.05, 4.69) is 5.32 Å². The molecule has 1 saturated heterocycles. The topological polar surface area (TPSA) is 84.7 Å². The number of nitrogens with one attached hydrogen (secondary N) is 1. The molecule has 1 aromatic rings. The quantitative estimate of drug-likeness (QED) is 0.587. The number of imide groups is 1. The Labute approximate surface area is 105 Å². The number of rotatable bonds is 3. The molecule has 0 radical (unpaired) electrons. The number of carbonyl (C=O) groups excluding carboxylic acids is 2. The third-order valence-corrected chi connectivity index (χ3v) is 2.54. The van der Waals surface area contributed by atoms with Gasteiger partial charge >= 0.3 is 0 Å². The van der Waals surface area contributed by atoms with Crippen LogP contribution in [0.25, 0.3) is 0 Å². The molecule has 2 amide bonds. The van der Waals surface area contributed by atoms with Gasteiger partial charge in [-0.2, -0.15) is 0 Å². The smallest absolute Gasteiger partial charge is 0.246 e. The summed E-state index contributed by atoms with van der Waals surface area (Å²) in [6, 6.07) is 5.19. The second-order valence-electron chi connectivity index (χ2n) is 4.02. The van der Waals surface area contributed by atoms with Crippen LogP contribution in [0.15, 0.2) is 18.2 Å². The standard InChI is InChI=1S/C12H15N3O3/c1-2-18-10-4-8(13)3-9(5-10)15-6-11(16)14-12(17)7-15/h3-5H,2,6-7,13H2,1H3,(H,14,16,17). The number of nitrogens with two attached hydrogens (primary N) is 1. The number of nitrogen functional groups attached to an aromatic ring is 1. The SMILES string of the molecule is CCOc1cc(N)cc(N2CC(=O)NC(=O)C2)c1. The van der Waals surface area contributed by atoms with E-state index >= 15 is 0 Å². The maximum absolute atomic E-state index is 11.3. The summed E-state index contributed by atoms with van der Waals surface area (Å²) in [5, 5.41) is 2.25. The molecule has 1 heterocycles. The fraction of sp³-hybridized carbons (Fsp3) is 0.333. The number of anilines is 2. The minimum Gasteiger partial charge on any atom is -0.494 e. The maximum Gasteiger partial charge on any atom is 0.246 e. The Morgan fingerprint density at radius 3 is 2.56 bits per heavy atom. The van der Waals surface area contributed by atoms with Crippen LogP contribution in [0.5, 0.6) is 5.75 Å². The van der Waals surface area contributed by atoms with Crippen LogP contribution in [-0.4, -0.2) is 31.5 Å². The molecule has 1 aliphatic heterocycles. The first kappa shape index (κ1) is 12.2. The van der Waals surface area contributed by atoms with Crippen LogP contribution < -0.4 is 20.7 Å². The average molecular weight is 249 g/mol. The molecule has 2 rings (SSSR count). The monoisotopic (exact) mass is 249 g/mol. The molecular weight excluding hydrogens is 234 g/mol.